The monoisotopic (exact) mass is 445 g/mol. The maximum Gasteiger partial charge on any atom is 0.243 e. The summed E-state index contributed by atoms with van der Waals surface area (Å²) in [6, 6.07) is 15.4. The average Bonchev–Trinajstić information content (AvgIpc) is 2.72. The van der Waals surface area contributed by atoms with E-state index >= 15 is 0 Å². The largest absolute Gasteiger partial charge is 0.243 e. The van der Waals surface area contributed by atoms with Gasteiger partial charge in [0.15, 0.2) is 0 Å². The van der Waals surface area contributed by atoms with Gasteiger partial charge in [0.25, 0.3) is 0 Å². The van der Waals surface area contributed by atoms with Gasteiger partial charge in [-0.3, -0.25) is 0 Å². The second-order valence-electron chi connectivity index (χ2n) is 9.59. The molecule has 170 valence electrons. The first-order valence-corrected chi connectivity index (χ1v) is 12.5. The first-order chi connectivity index (χ1) is 14.5. The SMILES string of the molecule is Cc1ccc(C(CC2CCN(S(=O)(=O)c3ccc(C)cc3)CC2)OOC(C)(C)C)cc1. The van der Waals surface area contributed by atoms with Gasteiger partial charge >= 0.3 is 0 Å². The predicted molar refractivity (Wildman–Crippen MR) is 123 cm³/mol. The zero-order chi connectivity index (χ0) is 22.6. The Balaban J connectivity index is 1.64. The topological polar surface area (TPSA) is 55.8 Å². The third-order valence-electron chi connectivity index (χ3n) is 5.64. The zero-order valence-electron chi connectivity index (χ0n) is 19.3. The van der Waals surface area contributed by atoms with Gasteiger partial charge in [0.2, 0.25) is 10.0 Å². The van der Waals surface area contributed by atoms with E-state index in [1.165, 1.54) is 5.56 Å². The summed E-state index contributed by atoms with van der Waals surface area (Å²) in [4.78, 5) is 11.9. The highest BCUT2D eigenvalue weighted by molar-refractivity contribution is 7.89. The van der Waals surface area contributed by atoms with Crippen molar-refractivity contribution in [3.05, 3.63) is 65.2 Å². The van der Waals surface area contributed by atoms with Gasteiger partial charge in [-0.1, -0.05) is 47.5 Å². The van der Waals surface area contributed by atoms with Gasteiger partial charge in [-0.25, -0.2) is 18.2 Å². The van der Waals surface area contributed by atoms with Gasteiger partial charge in [0.1, 0.15) is 6.10 Å². The van der Waals surface area contributed by atoms with Crippen LogP contribution in [0.5, 0.6) is 0 Å². The predicted octanol–water partition coefficient (Wildman–Crippen LogP) is 5.58. The summed E-state index contributed by atoms with van der Waals surface area (Å²) < 4.78 is 27.6. The molecule has 5 nitrogen and oxygen atoms in total. The number of hydrogen-bond acceptors (Lipinski definition) is 4. The molecular weight excluding hydrogens is 410 g/mol. The van der Waals surface area contributed by atoms with Crippen LogP contribution < -0.4 is 0 Å². The van der Waals surface area contributed by atoms with Crippen LogP contribution in [0.1, 0.15) is 62.8 Å². The molecule has 1 saturated heterocycles. The fourth-order valence-electron chi connectivity index (χ4n) is 3.76. The molecule has 0 bridgehead atoms. The molecule has 3 rings (SSSR count). The maximum absolute atomic E-state index is 13.0. The Morgan fingerprint density at radius 1 is 0.935 bits per heavy atom. The van der Waals surface area contributed by atoms with E-state index in [0.717, 1.165) is 30.4 Å². The first kappa shape index (κ1) is 23.9. The standard InChI is InChI=1S/C25H35NO4S/c1-19-6-10-22(11-7-19)24(29-30-25(3,4)5)18-21-14-16-26(17-15-21)31(27,28)23-12-8-20(2)9-13-23/h6-13,21,24H,14-18H2,1-5H3. The third-order valence-corrected chi connectivity index (χ3v) is 7.56. The highest BCUT2D eigenvalue weighted by Crippen LogP contribution is 2.33. The van der Waals surface area contributed by atoms with E-state index in [9.17, 15) is 8.42 Å². The van der Waals surface area contributed by atoms with Gasteiger partial charge < -0.3 is 0 Å². The molecule has 1 heterocycles. The van der Waals surface area contributed by atoms with E-state index in [-0.39, 0.29) is 6.10 Å². The summed E-state index contributed by atoms with van der Waals surface area (Å²) in [6.07, 6.45) is 2.25. The highest BCUT2D eigenvalue weighted by Gasteiger charge is 2.31. The van der Waals surface area contributed by atoms with Gasteiger partial charge in [0, 0.05) is 13.1 Å². The first-order valence-electron chi connectivity index (χ1n) is 11.0. The molecule has 0 amide bonds. The molecule has 1 unspecified atom stereocenters. The quantitative estimate of drug-likeness (QED) is 0.412. The van der Waals surface area contributed by atoms with Gasteiger partial charge in [-0.2, -0.15) is 4.31 Å². The van der Waals surface area contributed by atoms with Gasteiger partial charge in [0.05, 0.1) is 10.5 Å². The van der Waals surface area contributed by atoms with Crippen molar-refractivity contribution < 1.29 is 18.2 Å². The molecule has 0 radical (unpaired) electrons. The average molecular weight is 446 g/mol. The van der Waals surface area contributed by atoms with Crippen molar-refractivity contribution in [1.82, 2.24) is 4.31 Å². The van der Waals surface area contributed by atoms with E-state index in [1.54, 1.807) is 16.4 Å². The lowest BCUT2D eigenvalue weighted by Crippen LogP contribution is -2.38. The number of piperidine rings is 1. The van der Waals surface area contributed by atoms with Crippen molar-refractivity contribution in [3.63, 3.8) is 0 Å². The second-order valence-corrected chi connectivity index (χ2v) is 11.5. The van der Waals surface area contributed by atoms with E-state index in [2.05, 4.69) is 31.2 Å². The van der Waals surface area contributed by atoms with Crippen LogP contribution >= 0.6 is 0 Å². The van der Waals surface area contributed by atoms with Crippen molar-refractivity contribution in [2.45, 2.75) is 70.5 Å². The van der Waals surface area contributed by atoms with Gasteiger partial charge in [-0.15, -0.1) is 0 Å². The van der Waals surface area contributed by atoms with Crippen LogP contribution in [0, 0.1) is 19.8 Å². The van der Waals surface area contributed by atoms with E-state index < -0.39 is 15.6 Å². The Bertz CT molecular complexity index is 939. The normalized spacial score (nSPS) is 17.6. The smallest absolute Gasteiger partial charge is 0.230 e. The van der Waals surface area contributed by atoms with E-state index in [1.807, 2.05) is 39.8 Å². The molecule has 1 aliphatic rings. The van der Waals surface area contributed by atoms with Crippen LogP contribution in [0.4, 0.5) is 0 Å². The number of benzene rings is 2. The Labute approximate surface area is 187 Å². The Hall–Kier alpha value is -1.73. The summed E-state index contributed by atoms with van der Waals surface area (Å²) in [6.45, 7) is 11.0. The van der Waals surface area contributed by atoms with Crippen LogP contribution in [0.3, 0.4) is 0 Å². The van der Waals surface area contributed by atoms with E-state index in [4.69, 9.17) is 9.78 Å². The summed E-state index contributed by atoms with van der Waals surface area (Å²) in [7, 11) is -3.44. The molecule has 2 aromatic carbocycles. The third kappa shape index (κ3) is 6.62. The molecule has 0 saturated carbocycles. The molecule has 31 heavy (non-hydrogen) atoms. The molecule has 1 aliphatic heterocycles. The molecule has 2 aromatic rings. The zero-order valence-corrected chi connectivity index (χ0v) is 20.1. The number of nitrogens with zero attached hydrogens (tertiary/aromatic N) is 1. The minimum absolute atomic E-state index is 0.176. The number of hydrogen-bond donors (Lipinski definition) is 0. The fourth-order valence-corrected chi connectivity index (χ4v) is 5.23. The molecule has 6 heteroatoms. The maximum atomic E-state index is 13.0. The van der Waals surface area contributed by atoms with Crippen LogP contribution in [-0.4, -0.2) is 31.4 Å². The van der Waals surface area contributed by atoms with Crippen LogP contribution in [0.2, 0.25) is 0 Å². The lowest BCUT2D eigenvalue weighted by Gasteiger charge is -2.33. The minimum atomic E-state index is -3.44. The second kappa shape index (κ2) is 9.82. The van der Waals surface area contributed by atoms with Crippen molar-refractivity contribution in [2.24, 2.45) is 5.92 Å². The number of aryl methyl sites for hydroxylation is 2. The Kier molecular flexibility index (Phi) is 7.58. The highest BCUT2D eigenvalue weighted by atomic mass is 32.2. The van der Waals surface area contributed by atoms with Crippen molar-refractivity contribution in [3.8, 4) is 0 Å². The van der Waals surface area contributed by atoms with Crippen molar-refractivity contribution in [1.29, 1.82) is 0 Å². The lowest BCUT2D eigenvalue weighted by atomic mass is 9.89. The summed E-state index contributed by atoms with van der Waals surface area (Å²) in [5.41, 5.74) is 2.95. The van der Waals surface area contributed by atoms with Crippen LogP contribution in [0.15, 0.2) is 53.4 Å². The van der Waals surface area contributed by atoms with Crippen molar-refractivity contribution in [2.75, 3.05) is 13.1 Å². The molecule has 0 aromatic heterocycles. The Morgan fingerprint density at radius 2 is 1.45 bits per heavy atom. The summed E-state index contributed by atoms with van der Waals surface area (Å²) in [5, 5.41) is 0. The van der Waals surface area contributed by atoms with Gasteiger partial charge in [-0.05, 0) is 77.5 Å². The van der Waals surface area contributed by atoms with Crippen LogP contribution in [-0.2, 0) is 19.8 Å². The lowest BCUT2D eigenvalue weighted by molar-refractivity contribution is -0.378. The van der Waals surface area contributed by atoms with Crippen LogP contribution in [0.25, 0.3) is 0 Å². The molecule has 1 atom stereocenters. The summed E-state index contributed by atoms with van der Waals surface area (Å²) >= 11 is 0. The minimum Gasteiger partial charge on any atom is -0.230 e. The molecule has 0 spiro atoms. The van der Waals surface area contributed by atoms with Crippen molar-refractivity contribution >= 4 is 10.0 Å². The molecule has 1 fully saturated rings. The van der Waals surface area contributed by atoms with E-state index in [0.29, 0.717) is 23.9 Å². The summed E-state index contributed by atoms with van der Waals surface area (Å²) in [5.74, 6) is 0.374. The molecule has 0 aliphatic carbocycles. The number of rotatable bonds is 7. The Morgan fingerprint density at radius 3 is 1.97 bits per heavy atom. The fraction of sp³-hybridized carbons (Fsp3) is 0.520. The molecule has 0 N–H and O–H groups in total. The number of sulfonamides is 1. The molecular formula is C25H35NO4S.